The SMILES string of the molecule is COc1cc2nc(NCCCN(C)C(=O)[C@@H]3CCCO3)nc(N)c2cc1OC. The van der Waals surface area contributed by atoms with Crippen LogP contribution in [0.1, 0.15) is 19.3 Å². The lowest BCUT2D eigenvalue weighted by atomic mass is 10.2. The summed E-state index contributed by atoms with van der Waals surface area (Å²) in [5.41, 5.74) is 6.75. The normalized spacial score (nSPS) is 16.2. The van der Waals surface area contributed by atoms with E-state index in [4.69, 9.17) is 19.9 Å². The number of aromatic nitrogens is 2. The Balaban J connectivity index is 1.59. The van der Waals surface area contributed by atoms with Gasteiger partial charge in [-0.25, -0.2) is 4.98 Å². The molecule has 1 saturated heterocycles. The number of fused-ring (bicyclic) bond motifs is 1. The number of hydrogen-bond acceptors (Lipinski definition) is 8. The predicted molar refractivity (Wildman–Crippen MR) is 107 cm³/mol. The van der Waals surface area contributed by atoms with Gasteiger partial charge in [0.25, 0.3) is 5.91 Å². The number of ether oxygens (including phenoxy) is 3. The number of nitrogens with zero attached hydrogens (tertiary/aromatic N) is 3. The quantitative estimate of drug-likeness (QED) is 0.656. The molecule has 1 aromatic carbocycles. The van der Waals surface area contributed by atoms with Gasteiger partial charge in [0.15, 0.2) is 11.5 Å². The van der Waals surface area contributed by atoms with Gasteiger partial charge in [0.05, 0.1) is 19.7 Å². The van der Waals surface area contributed by atoms with Crippen LogP contribution in [0.2, 0.25) is 0 Å². The lowest BCUT2D eigenvalue weighted by Crippen LogP contribution is -2.37. The number of methoxy groups -OCH3 is 2. The van der Waals surface area contributed by atoms with Crippen LogP contribution in [-0.4, -0.2) is 67.8 Å². The zero-order chi connectivity index (χ0) is 20.1. The van der Waals surface area contributed by atoms with Crippen molar-refractivity contribution < 1.29 is 19.0 Å². The Hall–Kier alpha value is -2.81. The molecule has 1 amide bonds. The topological polar surface area (TPSA) is 112 Å². The number of carbonyl (C=O) groups excluding carboxylic acids is 1. The van der Waals surface area contributed by atoms with E-state index in [0.29, 0.717) is 53.9 Å². The number of benzene rings is 1. The summed E-state index contributed by atoms with van der Waals surface area (Å²) in [5.74, 6) is 1.99. The number of carbonyl (C=O) groups is 1. The molecule has 1 aliphatic heterocycles. The van der Waals surface area contributed by atoms with Crippen molar-refractivity contribution in [2.75, 3.05) is 52.0 Å². The van der Waals surface area contributed by atoms with E-state index >= 15 is 0 Å². The van der Waals surface area contributed by atoms with Crippen molar-refractivity contribution in [1.29, 1.82) is 0 Å². The third kappa shape index (κ3) is 4.36. The van der Waals surface area contributed by atoms with Crippen LogP contribution in [0.5, 0.6) is 11.5 Å². The maximum absolute atomic E-state index is 12.2. The molecule has 0 spiro atoms. The molecule has 0 unspecified atom stereocenters. The summed E-state index contributed by atoms with van der Waals surface area (Å²) >= 11 is 0. The maximum Gasteiger partial charge on any atom is 0.251 e. The average molecular weight is 389 g/mol. The highest BCUT2D eigenvalue weighted by atomic mass is 16.5. The Bertz CT molecular complexity index is 839. The molecule has 3 rings (SSSR count). The zero-order valence-corrected chi connectivity index (χ0v) is 16.5. The summed E-state index contributed by atoms with van der Waals surface area (Å²) < 4.78 is 16.1. The van der Waals surface area contributed by atoms with E-state index < -0.39 is 0 Å². The molecule has 0 aliphatic carbocycles. The Morgan fingerprint density at radius 1 is 1.32 bits per heavy atom. The fourth-order valence-corrected chi connectivity index (χ4v) is 3.20. The molecule has 28 heavy (non-hydrogen) atoms. The first kappa shape index (κ1) is 19.9. The molecule has 2 heterocycles. The first-order valence-corrected chi connectivity index (χ1v) is 9.33. The molecule has 3 N–H and O–H groups in total. The van der Waals surface area contributed by atoms with Gasteiger partial charge in [-0.2, -0.15) is 4.98 Å². The van der Waals surface area contributed by atoms with Gasteiger partial charge in [0, 0.05) is 38.2 Å². The maximum atomic E-state index is 12.2. The molecule has 152 valence electrons. The van der Waals surface area contributed by atoms with Crippen molar-refractivity contribution in [1.82, 2.24) is 14.9 Å². The van der Waals surface area contributed by atoms with Gasteiger partial charge >= 0.3 is 0 Å². The van der Waals surface area contributed by atoms with Gasteiger partial charge in [0.2, 0.25) is 5.95 Å². The van der Waals surface area contributed by atoms with Crippen LogP contribution >= 0.6 is 0 Å². The van der Waals surface area contributed by atoms with Crippen LogP contribution in [0.25, 0.3) is 10.9 Å². The van der Waals surface area contributed by atoms with Crippen molar-refractivity contribution in [2.24, 2.45) is 0 Å². The van der Waals surface area contributed by atoms with E-state index in [1.165, 1.54) is 0 Å². The lowest BCUT2D eigenvalue weighted by molar-refractivity contribution is -0.139. The van der Waals surface area contributed by atoms with E-state index in [9.17, 15) is 4.79 Å². The van der Waals surface area contributed by atoms with Crippen molar-refractivity contribution in [3.63, 3.8) is 0 Å². The van der Waals surface area contributed by atoms with Gasteiger partial charge in [0.1, 0.15) is 11.9 Å². The minimum atomic E-state index is -0.284. The van der Waals surface area contributed by atoms with E-state index in [-0.39, 0.29) is 12.0 Å². The minimum Gasteiger partial charge on any atom is -0.493 e. The second-order valence-corrected chi connectivity index (χ2v) is 6.70. The number of rotatable bonds is 8. The third-order valence-corrected chi connectivity index (χ3v) is 4.77. The number of anilines is 2. The predicted octanol–water partition coefficient (Wildman–Crippen LogP) is 1.67. The fraction of sp³-hybridized carbons (Fsp3) is 0.526. The van der Waals surface area contributed by atoms with Crippen LogP contribution in [0, 0.1) is 0 Å². The number of amides is 1. The summed E-state index contributed by atoms with van der Waals surface area (Å²) in [4.78, 5) is 22.7. The van der Waals surface area contributed by atoms with Crippen LogP contribution in [0.15, 0.2) is 12.1 Å². The molecule has 0 saturated carbocycles. The Morgan fingerprint density at radius 3 is 2.75 bits per heavy atom. The highest BCUT2D eigenvalue weighted by Crippen LogP contribution is 2.33. The molecular weight excluding hydrogens is 362 g/mol. The van der Waals surface area contributed by atoms with Crippen LogP contribution in [-0.2, 0) is 9.53 Å². The molecular formula is C19H27N5O4. The molecule has 2 aromatic rings. The summed E-state index contributed by atoms with van der Waals surface area (Å²) in [6.45, 7) is 1.91. The Labute approximate surface area is 164 Å². The van der Waals surface area contributed by atoms with E-state index in [0.717, 1.165) is 19.3 Å². The van der Waals surface area contributed by atoms with Gasteiger partial charge < -0.3 is 30.2 Å². The summed E-state index contributed by atoms with van der Waals surface area (Å²) in [5, 5.41) is 3.86. The highest BCUT2D eigenvalue weighted by Gasteiger charge is 2.26. The molecule has 0 bridgehead atoms. The lowest BCUT2D eigenvalue weighted by Gasteiger charge is -2.20. The van der Waals surface area contributed by atoms with E-state index in [1.54, 1.807) is 38.3 Å². The summed E-state index contributed by atoms with van der Waals surface area (Å²) in [6.07, 6.45) is 2.22. The molecule has 1 aromatic heterocycles. The first-order chi connectivity index (χ1) is 13.5. The van der Waals surface area contributed by atoms with Gasteiger partial charge in [-0.05, 0) is 25.3 Å². The highest BCUT2D eigenvalue weighted by molar-refractivity contribution is 5.91. The number of nitrogens with two attached hydrogens (primary N) is 1. The second-order valence-electron chi connectivity index (χ2n) is 6.70. The van der Waals surface area contributed by atoms with Crippen molar-refractivity contribution in [3.8, 4) is 11.5 Å². The van der Waals surface area contributed by atoms with Crippen molar-refractivity contribution >= 4 is 28.6 Å². The van der Waals surface area contributed by atoms with Crippen molar-refractivity contribution in [2.45, 2.75) is 25.4 Å². The second kappa shape index (κ2) is 8.92. The average Bonchev–Trinajstić information content (AvgIpc) is 3.24. The molecule has 1 aliphatic rings. The molecule has 9 nitrogen and oxygen atoms in total. The monoisotopic (exact) mass is 389 g/mol. The largest absolute Gasteiger partial charge is 0.493 e. The number of nitrogens with one attached hydrogen (secondary N) is 1. The molecule has 1 atom stereocenters. The standard InChI is InChI=1S/C19H27N5O4/c1-24(18(25)14-6-4-9-28-14)8-5-7-21-19-22-13-11-16(27-3)15(26-2)10-12(13)17(20)23-19/h10-11,14H,4-9H2,1-3H3,(H3,20,21,22,23)/t14-/m0/s1. The van der Waals surface area contributed by atoms with Gasteiger partial charge in [-0.3, -0.25) is 4.79 Å². The fourth-order valence-electron chi connectivity index (χ4n) is 3.20. The number of hydrogen-bond donors (Lipinski definition) is 2. The molecule has 0 radical (unpaired) electrons. The molecule has 1 fully saturated rings. The summed E-state index contributed by atoms with van der Waals surface area (Å²) in [7, 11) is 4.94. The van der Waals surface area contributed by atoms with Gasteiger partial charge in [-0.15, -0.1) is 0 Å². The Morgan fingerprint density at radius 2 is 2.07 bits per heavy atom. The van der Waals surface area contributed by atoms with Crippen molar-refractivity contribution in [3.05, 3.63) is 12.1 Å². The zero-order valence-electron chi connectivity index (χ0n) is 16.5. The number of likely N-dealkylation sites (N-methyl/N-ethyl adjacent to an activating group) is 1. The van der Waals surface area contributed by atoms with Gasteiger partial charge in [-0.1, -0.05) is 0 Å². The Kier molecular flexibility index (Phi) is 6.35. The minimum absolute atomic E-state index is 0.0461. The summed E-state index contributed by atoms with van der Waals surface area (Å²) in [6, 6.07) is 3.53. The first-order valence-electron chi connectivity index (χ1n) is 9.33. The van der Waals surface area contributed by atoms with E-state index in [1.807, 2.05) is 0 Å². The third-order valence-electron chi connectivity index (χ3n) is 4.77. The van der Waals surface area contributed by atoms with E-state index in [2.05, 4.69) is 15.3 Å². The number of nitrogen functional groups attached to an aromatic ring is 1. The van der Waals surface area contributed by atoms with Crippen LogP contribution in [0.3, 0.4) is 0 Å². The van der Waals surface area contributed by atoms with Crippen LogP contribution < -0.4 is 20.5 Å². The van der Waals surface area contributed by atoms with Crippen LogP contribution in [0.4, 0.5) is 11.8 Å². The smallest absolute Gasteiger partial charge is 0.251 e. The molecule has 9 heteroatoms.